The summed E-state index contributed by atoms with van der Waals surface area (Å²) in [4.78, 5) is 17.1. The summed E-state index contributed by atoms with van der Waals surface area (Å²) in [5, 5.41) is 1.21. The lowest BCUT2D eigenvalue weighted by molar-refractivity contribution is 0.760. The Bertz CT molecular complexity index is 2140. The molecule has 1 aliphatic heterocycles. The van der Waals surface area contributed by atoms with Crippen LogP contribution in [-0.2, 0) is 6.42 Å². The lowest BCUT2D eigenvalue weighted by Crippen LogP contribution is -2.31. The molecule has 1 aliphatic carbocycles. The van der Waals surface area contributed by atoms with E-state index in [1.54, 1.807) is 0 Å². The van der Waals surface area contributed by atoms with Crippen LogP contribution in [0, 0.1) is 0 Å². The molecule has 6 heteroatoms. The van der Waals surface area contributed by atoms with E-state index in [9.17, 15) is 0 Å². The first-order valence-electron chi connectivity index (χ1n) is 13.9. The van der Waals surface area contributed by atoms with Crippen LogP contribution in [0.3, 0.4) is 0 Å². The van der Waals surface area contributed by atoms with Crippen molar-refractivity contribution in [2.24, 2.45) is 0 Å². The number of hydrogen-bond acceptors (Lipinski definition) is 4. The fraction of sp³-hybridized carbons (Fsp3) is 0.0571. The quantitative estimate of drug-likeness (QED) is 0.240. The largest absolute Gasteiger partial charge is 0.333 e. The lowest BCUT2D eigenvalue weighted by Gasteiger charge is -2.30. The normalized spacial score (nSPS) is 15.6. The van der Waals surface area contributed by atoms with Gasteiger partial charge in [0.15, 0.2) is 5.65 Å². The molecule has 0 amide bonds. The maximum atomic E-state index is 5.01. The van der Waals surface area contributed by atoms with E-state index in [-0.39, 0.29) is 6.04 Å². The molecule has 2 aliphatic rings. The number of benzene rings is 4. The summed E-state index contributed by atoms with van der Waals surface area (Å²) in [6.45, 7) is 0. The zero-order valence-corrected chi connectivity index (χ0v) is 22.1. The molecular weight excluding hydrogens is 504 g/mol. The second-order valence-corrected chi connectivity index (χ2v) is 10.6. The van der Waals surface area contributed by atoms with Gasteiger partial charge in [-0.3, -0.25) is 9.13 Å². The Balaban J connectivity index is 1.24. The summed E-state index contributed by atoms with van der Waals surface area (Å²) in [6, 6.07) is 38.4. The van der Waals surface area contributed by atoms with Crippen LogP contribution >= 0.6 is 0 Å². The van der Waals surface area contributed by atoms with E-state index in [1.165, 1.54) is 39.2 Å². The molecule has 6 nitrogen and oxygen atoms in total. The monoisotopic (exact) mass is 528 g/mol. The highest BCUT2D eigenvalue weighted by atomic mass is 15.2. The molecule has 7 aromatic rings. The molecule has 194 valence electrons. The fourth-order valence-electron chi connectivity index (χ4n) is 6.64. The van der Waals surface area contributed by atoms with Gasteiger partial charge in [0.05, 0.1) is 17.8 Å². The molecule has 41 heavy (non-hydrogen) atoms. The van der Waals surface area contributed by atoms with Gasteiger partial charge in [-0.1, -0.05) is 72.8 Å². The minimum Gasteiger partial charge on any atom is -0.333 e. The third kappa shape index (κ3) is 3.22. The minimum absolute atomic E-state index is 0.173. The lowest BCUT2D eigenvalue weighted by atomic mass is 9.89. The van der Waals surface area contributed by atoms with E-state index in [4.69, 9.17) is 9.97 Å². The zero-order chi connectivity index (χ0) is 26.9. The van der Waals surface area contributed by atoms with E-state index in [1.807, 2.05) is 35.3 Å². The molecule has 0 spiro atoms. The highest BCUT2D eigenvalue weighted by molar-refractivity contribution is 6.05. The van der Waals surface area contributed by atoms with Crippen LogP contribution in [0.2, 0.25) is 0 Å². The first kappa shape index (κ1) is 22.3. The van der Waals surface area contributed by atoms with Gasteiger partial charge in [-0.15, -0.1) is 0 Å². The van der Waals surface area contributed by atoms with E-state index >= 15 is 0 Å². The smallest absolute Gasteiger partial charge is 0.236 e. The van der Waals surface area contributed by atoms with Gasteiger partial charge in [0, 0.05) is 45.7 Å². The second-order valence-electron chi connectivity index (χ2n) is 10.6. The topological polar surface area (TPSA) is 51.8 Å². The summed E-state index contributed by atoms with van der Waals surface area (Å²) in [6.07, 6.45) is 6.95. The fourth-order valence-corrected chi connectivity index (χ4v) is 6.64. The van der Waals surface area contributed by atoms with E-state index in [0.29, 0.717) is 11.6 Å². The van der Waals surface area contributed by atoms with Gasteiger partial charge in [-0.05, 0) is 48.0 Å². The third-order valence-electron chi connectivity index (χ3n) is 8.41. The molecule has 3 aromatic heterocycles. The number of imidazole rings is 1. The first-order chi connectivity index (χ1) is 20.3. The highest BCUT2D eigenvalue weighted by Crippen LogP contribution is 2.50. The average molecular weight is 529 g/mol. The van der Waals surface area contributed by atoms with Crippen LogP contribution in [0.15, 0.2) is 122 Å². The molecule has 0 saturated carbocycles. The van der Waals surface area contributed by atoms with Crippen molar-refractivity contribution in [1.82, 2.24) is 24.1 Å². The number of nitrogens with zero attached hydrogens (tertiary/aromatic N) is 6. The van der Waals surface area contributed by atoms with Gasteiger partial charge >= 0.3 is 0 Å². The van der Waals surface area contributed by atoms with Crippen molar-refractivity contribution in [1.29, 1.82) is 0 Å². The predicted octanol–water partition coefficient (Wildman–Crippen LogP) is 7.38. The summed E-state index contributed by atoms with van der Waals surface area (Å²) >= 11 is 0. The van der Waals surface area contributed by atoms with Crippen molar-refractivity contribution >= 4 is 45.1 Å². The summed E-state index contributed by atoms with van der Waals surface area (Å²) in [5.74, 6) is 0.645. The van der Waals surface area contributed by atoms with Crippen molar-refractivity contribution in [3.05, 3.63) is 139 Å². The van der Waals surface area contributed by atoms with Crippen LogP contribution in [0.25, 0.3) is 45.4 Å². The highest BCUT2D eigenvalue weighted by Gasteiger charge is 2.39. The molecule has 1 atom stereocenters. The molecular formula is C35H24N6. The molecule has 0 saturated heterocycles. The standard InChI is InChI=1S/C35H24N6/c1-3-11-23(12-4-1)39-22-37-34-33(39)21-36-35(38-34)41-30-18-10-8-16-26(30)28-19-27-25-15-7-9-17-29(25)40(31(27)20-32(28)41)24-13-5-2-6-14-24/h1-19,21-22,31H,20H2. The van der Waals surface area contributed by atoms with Crippen LogP contribution in [-0.4, -0.2) is 30.1 Å². The molecule has 0 N–H and O–H groups in total. The Morgan fingerprint density at radius 3 is 2.27 bits per heavy atom. The number of rotatable bonds is 3. The summed E-state index contributed by atoms with van der Waals surface area (Å²) in [7, 11) is 0. The minimum atomic E-state index is 0.173. The van der Waals surface area contributed by atoms with Crippen molar-refractivity contribution in [3.63, 3.8) is 0 Å². The van der Waals surface area contributed by atoms with E-state index in [2.05, 4.69) is 112 Å². The molecule has 0 radical (unpaired) electrons. The van der Waals surface area contributed by atoms with Crippen molar-refractivity contribution < 1.29 is 0 Å². The van der Waals surface area contributed by atoms with E-state index < -0.39 is 0 Å². The number of aromatic nitrogens is 5. The Hall–Kier alpha value is -5.49. The van der Waals surface area contributed by atoms with E-state index in [0.717, 1.165) is 23.1 Å². The van der Waals surface area contributed by atoms with Gasteiger partial charge in [0.1, 0.15) is 11.8 Å². The molecule has 1 unspecified atom stereocenters. The number of hydrogen-bond donors (Lipinski definition) is 0. The maximum Gasteiger partial charge on any atom is 0.236 e. The first-order valence-corrected chi connectivity index (χ1v) is 13.9. The third-order valence-corrected chi connectivity index (χ3v) is 8.41. The van der Waals surface area contributed by atoms with Crippen LogP contribution in [0.1, 0.15) is 16.8 Å². The predicted molar refractivity (Wildman–Crippen MR) is 164 cm³/mol. The maximum absolute atomic E-state index is 5.01. The Morgan fingerprint density at radius 2 is 1.41 bits per heavy atom. The Labute approximate surface area is 236 Å². The zero-order valence-electron chi connectivity index (χ0n) is 22.1. The summed E-state index contributed by atoms with van der Waals surface area (Å²) in [5.41, 5.74) is 11.3. The van der Waals surface area contributed by atoms with Gasteiger partial charge in [-0.25, -0.2) is 9.97 Å². The second kappa shape index (κ2) is 8.50. The van der Waals surface area contributed by atoms with Crippen LogP contribution < -0.4 is 4.90 Å². The van der Waals surface area contributed by atoms with Gasteiger partial charge in [-0.2, -0.15) is 4.98 Å². The van der Waals surface area contributed by atoms with Gasteiger partial charge in [0.2, 0.25) is 5.95 Å². The molecule has 9 rings (SSSR count). The molecule has 0 fully saturated rings. The average Bonchev–Trinajstić information content (AvgIpc) is 3.70. The number of anilines is 2. The van der Waals surface area contributed by atoms with Crippen LogP contribution in [0.4, 0.5) is 11.4 Å². The number of para-hydroxylation sites is 4. The Kier molecular flexibility index (Phi) is 4.63. The molecule has 4 aromatic carbocycles. The number of fused-ring (bicyclic) bond motifs is 7. The Morgan fingerprint density at radius 1 is 0.683 bits per heavy atom. The van der Waals surface area contributed by atoms with Gasteiger partial charge < -0.3 is 4.90 Å². The molecule has 4 heterocycles. The van der Waals surface area contributed by atoms with Gasteiger partial charge in [0.25, 0.3) is 0 Å². The van der Waals surface area contributed by atoms with Crippen molar-refractivity contribution in [3.8, 4) is 11.6 Å². The van der Waals surface area contributed by atoms with Crippen molar-refractivity contribution in [2.75, 3.05) is 4.90 Å². The summed E-state index contributed by atoms with van der Waals surface area (Å²) < 4.78 is 4.27. The SMILES string of the molecule is C1=C2c3ccccc3N(c3ccccc3)C2Cc2c1c1ccccc1n2-c1ncc2c(ncn2-c2ccccc2)n1. The van der Waals surface area contributed by atoms with Crippen molar-refractivity contribution in [2.45, 2.75) is 12.5 Å². The van der Waals surface area contributed by atoms with Crippen LogP contribution in [0.5, 0.6) is 0 Å². The molecule has 0 bridgehead atoms.